The van der Waals surface area contributed by atoms with Crippen molar-refractivity contribution in [3.63, 3.8) is 0 Å². The van der Waals surface area contributed by atoms with Crippen molar-refractivity contribution in [1.82, 2.24) is 19.5 Å². The van der Waals surface area contributed by atoms with E-state index in [0.29, 0.717) is 35.0 Å². The van der Waals surface area contributed by atoms with Crippen molar-refractivity contribution in [3.05, 3.63) is 68.3 Å². The minimum Gasteiger partial charge on any atom is -0.415 e. The third kappa shape index (κ3) is 5.88. The lowest BCUT2D eigenvalue weighted by Gasteiger charge is -2.20. The molecule has 0 aliphatic carbocycles. The van der Waals surface area contributed by atoms with E-state index in [2.05, 4.69) is 60.1 Å². The second-order valence-corrected chi connectivity index (χ2v) is 10.9. The number of nitrogens with two attached hydrogens (primary N) is 1. The average Bonchev–Trinajstić information content (AvgIpc) is 3.19. The highest BCUT2D eigenvalue weighted by molar-refractivity contribution is 14.1. The summed E-state index contributed by atoms with van der Waals surface area (Å²) in [5, 5.41) is 0. The maximum Gasteiger partial charge on any atom is 0.456 e. The van der Waals surface area contributed by atoms with Crippen molar-refractivity contribution in [3.8, 4) is 11.5 Å². The SMILES string of the molecule is Nc1ncnc2c1ncn2CCOCP(=O)(Oc1ccc(I)cc1)Oc1ccc(I)cc1. The number of anilines is 1. The molecule has 0 aliphatic rings. The van der Waals surface area contributed by atoms with Gasteiger partial charge in [0.2, 0.25) is 0 Å². The van der Waals surface area contributed by atoms with Crippen molar-refractivity contribution >= 4 is 69.8 Å². The van der Waals surface area contributed by atoms with Crippen LogP contribution < -0.4 is 14.8 Å². The van der Waals surface area contributed by atoms with E-state index < -0.39 is 7.60 Å². The van der Waals surface area contributed by atoms with Gasteiger partial charge in [0.05, 0.1) is 12.9 Å². The Hall–Kier alpha value is -1.96. The molecule has 166 valence electrons. The number of rotatable bonds is 9. The van der Waals surface area contributed by atoms with Crippen molar-refractivity contribution < 1.29 is 18.3 Å². The predicted molar refractivity (Wildman–Crippen MR) is 138 cm³/mol. The second kappa shape index (κ2) is 10.3. The van der Waals surface area contributed by atoms with Crippen LogP contribution in [-0.4, -0.2) is 32.5 Å². The van der Waals surface area contributed by atoms with Gasteiger partial charge in [-0.1, -0.05) is 0 Å². The number of hydrogen-bond donors (Lipinski definition) is 1. The van der Waals surface area contributed by atoms with Crippen molar-refractivity contribution in [2.24, 2.45) is 0 Å². The zero-order valence-electron chi connectivity index (χ0n) is 16.6. The molecule has 4 rings (SSSR count). The number of nitrogens with zero attached hydrogens (tertiary/aromatic N) is 4. The zero-order chi connectivity index (χ0) is 22.6. The van der Waals surface area contributed by atoms with Gasteiger partial charge in [-0.05, 0) is 93.7 Å². The normalized spacial score (nSPS) is 11.6. The summed E-state index contributed by atoms with van der Waals surface area (Å²) in [5.74, 6) is 1.20. The lowest BCUT2D eigenvalue weighted by Crippen LogP contribution is -2.11. The molecule has 32 heavy (non-hydrogen) atoms. The summed E-state index contributed by atoms with van der Waals surface area (Å²) in [4.78, 5) is 12.4. The molecule has 2 aromatic heterocycles. The Morgan fingerprint density at radius 3 is 2.09 bits per heavy atom. The molecule has 0 bridgehead atoms. The first-order chi connectivity index (χ1) is 15.4. The minimum absolute atomic E-state index is 0.227. The van der Waals surface area contributed by atoms with E-state index in [1.54, 1.807) is 35.2 Å². The van der Waals surface area contributed by atoms with Crippen LogP contribution in [0.25, 0.3) is 11.2 Å². The maximum absolute atomic E-state index is 13.5. The molecule has 12 heteroatoms. The van der Waals surface area contributed by atoms with Crippen molar-refractivity contribution in [2.75, 3.05) is 18.7 Å². The highest BCUT2D eigenvalue weighted by Gasteiger charge is 2.29. The van der Waals surface area contributed by atoms with E-state index in [-0.39, 0.29) is 13.0 Å². The van der Waals surface area contributed by atoms with Crippen LogP contribution in [0.4, 0.5) is 5.82 Å². The van der Waals surface area contributed by atoms with Gasteiger partial charge in [-0.15, -0.1) is 0 Å². The van der Waals surface area contributed by atoms with E-state index in [1.807, 2.05) is 24.3 Å². The number of hydrogen-bond acceptors (Lipinski definition) is 8. The molecule has 0 unspecified atom stereocenters. The van der Waals surface area contributed by atoms with Gasteiger partial charge in [0.25, 0.3) is 0 Å². The second-order valence-electron chi connectivity index (χ2n) is 6.61. The number of ether oxygens (including phenoxy) is 1. The predicted octanol–water partition coefficient (Wildman–Crippen LogP) is 4.94. The van der Waals surface area contributed by atoms with Crippen LogP contribution in [0.2, 0.25) is 0 Å². The maximum atomic E-state index is 13.5. The third-order valence-corrected chi connectivity index (χ3v) is 7.19. The topological polar surface area (TPSA) is 114 Å². The van der Waals surface area contributed by atoms with E-state index in [9.17, 15) is 4.57 Å². The van der Waals surface area contributed by atoms with Gasteiger partial charge in [-0.2, -0.15) is 0 Å². The molecule has 0 fully saturated rings. The molecule has 0 spiro atoms. The quantitative estimate of drug-likeness (QED) is 0.151. The number of aromatic nitrogens is 4. The number of halogens is 2. The fourth-order valence-corrected chi connectivity index (χ4v) is 4.89. The Morgan fingerprint density at radius 2 is 1.50 bits per heavy atom. The van der Waals surface area contributed by atoms with Gasteiger partial charge in [-0.25, -0.2) is 19.5 Å². The first-order valence-corrected chi connectivity index (χ1v) is 13.3. The first-order valence-electron chi connectivity index (χ1n) is 9.40. The molecule has 0 saturated carbocycles. The molecule has 0 atom stereocenters. The van der Waals surface area contributed by atoms with Crippen LogP contribution in [-0.2, 0) is 15.8 Å². The van der Waals surface area contributed by atoms with Gasteiger partial charge in [0.1, 0.15) is 23.3 Å². The summed E-state index contributed by atoms with van der Waals surface area (Å²) in [6, 6.07) is 14.4. The van der Waals surface area contributed by atoms with Crippen LogP contribution >= 0.6 is 52.8 Å². The Labute approximate surface area is 211 Å². The van der Waals surface area contributed by atoms with Gasteiger partial charge >= 0.3 is 7.60 Å². The first kappa shape index (κ1) is 23.2. The molecule has 0 saturated heterocycles. The van der Waals surface area contributed by atoms with Crippen LogP contribution in [0, 0.1) is 7.14 Å². The van der Waals surface area contributed by atoms with Gasteiger partial charge in [-0.3, -0.25) is 0 Å². The summed E-state index contributed by atoms with van der Waals surface area (Å²) in [6.07, 6.45) is 2.77. The van der Waals surface area contributed by atoms with Gasteiger partial charge < -0.3 is 24.1 Å². The Bertz CT molecular complexity index is 1200. The third-order valence-electron chi connectivity index (χ3n) is 4.27. The summed E-state index contributed by atoms with van der Waals surface area (Å²) < 4.78 is 34.6. The van der Waals surface area contributed by atoms with Gasteiger partial charge in [0.15, 0.2) is 17.8 Å². The largest absolute Gasteiger partial charge is 0.456 e. The summed E-state index contributed by atoms with van der Waals surface area (Å²) >= 11 is 4.38. The molecule has 4 aromatic rings. The lowest BCUT2D eigenvalue weighted by atomic mass is 10.3. The molecular formula is C20H18I2N5O4P. The lowest BCUT2D eigenvalue weighted by molar-refractivity contribution is 0.152. The zero-order valence-corrected chi connectivity index (χ0v) is 21.8. The van der Waals surface area contributed by atoms with Gasteiger partial charge in [0, 0.05) is 13.7 Å². The number of imidazole rings is 1. The highest BCUT2D eigenvalue weighted by atomic mass is 127. The number of benzene rings is 2. The smallest absolute Gasteiger partial charge is 0.415 e. The molecule has 9 nitrogen and oxygen atoms in total. The van der Waals surface area contributed by atoms with E-state index in [1.165, 1.54) is 6.33 Å². The molecule has 2 heterocycles. The fourth-order valence-electron chi connectivity index (χ4n) is 2.79. The van der Waals surface area contributed by atoms with Crippen LogP contribution in [0.3, 0.4) is 0 Å². The average molecular weight is 677 g/mol. The Balaban J connectivity index is 1.44. The number of fused-ring (bicyclic) bond motifs is 1. The molecule has 0 radical (unpaired) electrons. The van der Waals surface area contributed by atoms with Crippen molar-refractivity contribution in [2.45, 2.75) is 6.54 Å². The monoisotopic (exact) mass is 677 g/mol. The van der Waals surface area contributed by atoms with Crippen molar-refractivity contribution in [1.29, 1.82) is 0 Å². The molecule has 2 N–H and O–H groups in total. The molecule has 0 aliphatic heterocycles. The molecule has 0 amide bonds. The molecule has 2 aromatic carbocycles. The standard InChI is InChI=1S/C20H18I2N5O4P/c21-14-1-5-16(6-2-14)30-32(28,31-17-7-3-15(22)4-8-17)13-29-10-9-27-12-26-18-19(23)24-11-25-20(18)27/h1-8,11-12H,9-10,13H2,(H2,23,24,25). The van der Waals surface area contributed by atoms with Crippen LogP contribution in [0.15, 0.2) is 61.2 Å². The highest BCUT2D eigenvalue weighted by Crippen LogP contribution is 2.48. The summed E-state index contributed by atoms with van der Waals surface area (Å²) in [7, 11) is -3.65. The number of nitrogen functional groups attached to an aromatic ring is 1. The Morgan fingerprint density at radius 1 is 0.906 bits per heavy atom. The van der Waals surface area contributed by atoms with E-state index in [0.717, 1.165) is 7.14 Å². The Kier molecular flexibility index (Phi) is 7.48. The van der Waals surface area contributed by atoms with Crippen LogP contribution in [0.5, 0.6) is 11.5 Å². The van der Waals surface area contributed by atoms with E-state index >= 15 is 0 Å². The molecular weight excluding hydrogens is 659 g/mol. The summed E-state index contributed by atoms with van der Waals surface area (Å²) in [6.45, 7) is 0.672. The fraction of sp³-hybridized carbons (Fsp3) is 0.150. The van der Waals surface area contributed by atoms with Crippen LogP contribution in [0.1, 0.15) is 0 Å². The van der Waals surface area contributed by atoms with E-state index in [4.69, 9.17) is 19.5 Å². The minimum atomic E-state index is -3.65. The summed E-state index contributed by atoms with van der Waals surface area (Å²) in [5.41, 5.74) is 6.95.